The van der Waals surface area contributed by atoms with E-state index in [2.05, 4.69) is 10.4 Å². The van der Waals surface area contributed by atoms with Gasteiger partial charge in [-0.05, 0) is 18.4 Å². The Bertz CT molecular complexity index is 820. The van der Waals surface area contributed by atoms with E-state index in [0.29, 0.717) is 11.4 Å². The third kappa shape index (κ3) is 2.50. The van der Waals surface area contributed by atoms with Crippen molar-refractivity contribution in [3.63, 3.8) is 0 Å². The number of carboxylic acids is 1. The van der Waals surface area contributed by atoms with E-state index in [4.69, 9.17) is 0 Å². The molecule has 0 amide bonds. The van der Waals surface area contributed by atoms with Gasteiger partial charge in [-0.15, -0.1) is 11.3 Å². The Balaban J connectivity index is 1.97. The average Bonchev–Trinajstić information content (AvgIpc) is 2.96. The summed E-state index contributed by atoms with van der Waals surface area (Å²) in [5.74, 6) is -0.879. The number of hydrogen-bond donors (Lipinski definition) is 2. The van der Waals surface area contributed by atoms with Crippen molar-refractivity contribution in [2.75, 3.05) is 5.32 Å². The summed E-state index contributed by atoms with van der Waals surface area (Å²) >= 11 is 1.32. The Morgan fingerprint density at radius 1 is 1.43 bits per heavy atom. The van der Waals surface area contributed by atoms with Gasteiger partial charge < -0.3 is 10.4 Å². The van der Waals surface area contributed by atoms with E-state index in [1.165, 1.54) is 11.3 Å². The first-order valence-corrected chi connectivity index (χ1v) is 7.35. The van der Waals surface area contributed by atoms with Crippen LogP contribution in [0.15, 0.2) is 30.5 Å². The summed E-state index contributed by atoms with van der Waals surface area (Å²) in [5.41, 5.74) is 2.64. The van der Waals surface area contributed by atoms with Gasteiger partial charge in [-0.3, -0.25) is 4.68 Å². The molecule has 3 rings (SSSR count). The number of hydrogen-bond acceptors (Lipinski definition) is 4. The monoisotopic (exact) mass is 301 g/mol. The van der Waals surface area contributed by atoms with Crippen molar-refractivity contribution in [1.82, 2.24) is 9.78 Å². The number of carboxylic acid groups (broad SMARTS) is 1. The molecule has 0 saturated carbocycles. The highest BCUT2D eigenvalue weighted by Crippen LogP contribution is 2.32. The second-order valence-electron chi connectivity index (χ2n) is 4.87. The van der Waals surface area contributed by atoms with E-state index in [9.17, 15) is 9.90 Å². The largest absolute Gasteiger partial charge is 0.477 e. The molecule has 5 nitrogen and oxygen atoms in total. The lowest BCUT2D eigenvalue weighted by Gasteiger charge is -2.05. The number of rotatable bonds is 4. The Labute approximate surface area is 125 Å². The number of nitrogens with zero attached hydrogens (tertiary/aromatic N) is 2. The summed E-state index contributed by atoms with van der Waals surface area (Å²) in [4.78, 5) is 11.8. The maximum Gasteiger partial charge on any atom is 0.346 e. The van der Waals surface area contributed by atoms with Gasteiger partial charge in [0.15, 0.2) is 0 Å². The number of benzene rings is 1. The van der Waals surface area contributed by atoms with E-state index in [-0.39, 0.29) is 0 Å². The molecule has 21 heavy (non-hydrogen) atoms. The Kier molecular flexibility index (Phi) is 3.39. The van der Waals surface area contributed by atoms with Crippen LogP contribution in [-0.2, 0) is 13.6 Å². The number of aromatic nitrogens is 2. The number of thiophene rings is 1. The first-order chi connectivity index (χ1) is 10.1. The molecule has 1 aromatic carbocycles. The van der Waals surface area contributed by atoms with Crippen LogP contribution in [0.25, 0.3) is 10.1 Å². The number of nitrogens with one attached hydrogen (secondary N) is 1. The number of anilines is 1. The van der Waals surface area contributed by atoms with Crippen LogP contribution in [0.3, 0.4) is 0 Å². The molecular weight excluding hydrogens is 286 g/mol. The zero-order valence-electron chi connectivity index (χ0n) is 11.8. The molecule has 0 aliphatic heterocycles. The van der Waals surface area contributed by atoms with E-state index in [0.717, 1.165) is 27.0 Å². The Morgan fingerprint density at radius 2 is 2.19 bits per heavy atom. The van der Waals surface area contributed by atoms with Gasteiger partial charge in [-0.25, -0.2) is 4.79 Å². The maximum atomic E-state index is 11.4. The van der Waals surface area contributed by atoms with Gasteiger partial charge in [0.05, 0.1) is 11.4 Å². The minimum atomic E-state index is -0.879. The van der Waals surface area contributed by atoms with Crippen molar-refractivity contribution < 1.29 is 9.90 Å². The van der Waals surface area contributed by atoms with E-state index >= 15 is 0 Å². The molecule has 2 N–H and O–H groups in total. The first kappa shape index (κ1) is 13.6. The second-order valence-corrected chi connectivity index (χ2v) is 5.92. The summed E-state index contributed by atoms with van der Waals surface area (Å²) in [7, 11) is 1.86. The standard InChI is InChI=1S/C15H15N3O2S/c1-9-12(8-18(2)17-9)16-7-11-10-5-3-4-6-13(10)21-14(11)15(19)20/h3-6,8,16H,7H2,1-2H3,(H,19,20). The van der Waals surface area contributed by atoms with Crippen molar-refractivity contribution >= 4 is 33.1 Å². The molecule has 0 fully saturated rings. The summed E-state index contributed by atoms with van der Waals surface area (Å²) in [5, 5.41) is 17.9. The van der Waals surface area contributed by atoms with Crippen molar-refractivity contribution in [1.29, 1.82) is 0 Å². The van der Waals surface area contributed by atoms with Crippen LogP contribution in [0.5, 0.6) is 0 Å². The Morgan fingerprint density at radius 3 is 2.86 bits per heavy atom. The molecular formula is C15H15N3O2S. The fourth-order valence-corrected chi connectivity index (χ4v) is 3.46. The average molecular weight is 301 g/mol. The quantitative estimate of drug-likeness (QED) is 0.776. The zero-order chi connectivity index (χ0) is 15.0. The van der Waals surface area contributed by atoms with Crippen molar-refractivity contribution in [3.05, 3.63) is 46.6 Å². The molecule has 2 heterocycles. The fourth-order valence-electron chi connectivity index (χ4n) is 2.40. The molecule has 0 aliphatic carbocycles. The van der Waals surface area contributed by atoms with Gasteiger partial charge in [0.25, 0.3) is 0 Å². The number of aryl methyl sites for hydroxylation is 2. The van der Waals surface area contributed by atoms with Crippen LogP contribution in [0.4, 0.5) is 5.69 Å². The molecule has 0 radical (unpaired) electrons. The summed E-state index contributed by atoms with van der Waals surface area (Å²) in [6.07, 6.45) is 1.89. The highest BCUT2D eigenvalue weighted by molar-refractivity contribution is 7.21. The molecule has 6 heteroatoms. The lowest BCUT2D eigenvalue weighted by molar-refractivity contribution is 0.0701. The highest BCUT2D eigenvalue weighted by Gasteiger charge is 2.17. The zero-order valence-corrected chi connectivity index (χ0v) is 12.6. The minimum Gasteiger partial charge on any atom is -0.477 e. The van der Waals surface area contributed by atoms with Crippen molar-refractivity contribution in [3.8, 4) is 0 Å². The molecule has 0 spiro atoms. The van der Waals surface area contributed by atoms with Gasteiger partial charge in [0.1, 0.15) is 4.88 Å². The van der Waals surface area contributed by atoms with Gasteiger partial charge in [0.2, 0.25) is 0 Å². The number of carbonyl (C=O) groups is 1. The van der Waals surface area contributed by atoms with Gasteiger partial charge >= 0.3 is 5.97 Å². The summed E-state index contributed by atoms with van der Waals surface area (Å²) in [6.45, 7) is 2.39. The van der Waals surface area contributed by atoms with E-state index in [1.54, 1.807) is 4.68 Å². The molecule has 0 bridgehead atoms. The minimum absolute atomic E-state index is 0.394. The predicted molar refractivity (Wildman–Crippen MR) is 84.1 cm³/mol. The van der Waals surface area contributed by atoms with Gasteiger partial charge in [-0.2, -0.15) is 5.10 Å². The predicted octanol–water partition coefficient (Wildman–Crippen LogP) is 3.25. The third-order valence-electron chi connectivity index (χ3n) is 3.36. The molecule has 3 aromatic rings. The number of aromatic carboxylic acids is 1. The molecule has 0 aliphatic rings. The maximum absolute atomic E-state index is 11.4. The second kappa shape index (κ2) is 5.21. The third-order valence-corrected chi connectivity index (χ3v) is 4.56. The molecule has 0 unspecified atom stereocenters. The normalized spacial score (nSPS) is 11.0. The van der Waals surface area contributed by atoms with Crippen LogP contribution in [-0.4, -0.2) is 20.9 Å². The molecule has 0 saturated heterocycles. The van der Waals surface area contributed by atoms with Crippen LogP contribution in [0.1, 0.15) is 20.9 Å². The van der Waals surface area contributed by atoms with E-state index < -0.39 is 5.97 Å². The SMILES string of the molecule is Cc1nn(C)cc1NCc1c(C(=O)O)sc2ccccc12. The summed E-state index contributed by atoms with van der Waals surface area (Å²) in [6, 6.07) is 7.77. The van der Waals surface area contributed by atoms with Crippen molar-refractivity contribution in [2.24, 2.45) is 7.05 Å². The lowest BCUT2D eigenvalue weighted by Crippen LogP contribution is -2.04. The smallest absolute Gasteiger partial charge is 0.346 e. The van der Waals surface area contributed by atoms with Crippen LogP contribution in [0, 0.1) is 6.92 Å². The van der Waals surface area contributed by atoms with Gasteiger partial charge in [-0.1, -0.05) is 18.2 Å². The fraction of sp³-hybridized carbons (Fsp3) is 0.200. The van der Waals surface area contributed by atoms with Crippen LogP contribution in [0.2, 0.25) is 0 Å². The molecule has 2 aromatic heterocycles. The lowest BCUT2D eigenvalue weighted by atomic mass is 10.1. The Hall–Kier alpha value is -2.34. The summed E-state index contributed by atoms with van der Waals surface area (Å²) < 4.78 is 2.73. The van der Waals surface area contributed by atoms with Crippen LogP contribution >= 0.6 is 11.3 Å². The molecule has 108 valence electrons. The topological polar surface area (TPSA) is 67.2 Å². The van der Waals surface area contributed by atoms with E-state index in [1.807, 2.05) is 44.4 Å². The number of fused-ring (bicyclic) bond motifs is 1. The first-order valence-electron chi connectivity index (χ1n) is 6.54. The molecule has 0 atom stereocenters. The van der Waals surface area contributed by atoms with Crippen LogP contribution < -0.4 is 5.32 Å². The van der Waals surface area contributed by atoms with Crippen molar-refractivity contribution in [2.45, 2.75) is 13.5 Å². The van der Waals surface area contributed by atoms with Gasteiger partial charge in [0, 0.05) is 30.1 Å². The highest BCUT2D eigenvalue weighted by atomic mass is 32.1.